The molecule has 1 saturated heterocycles. The highest BCUT2D eigenvalue weighted by Gasteiger charge is 2.30. The van der Waals surface area contributed by atoms with Crippen molar-refractivity contribution in [1.29, 1.82) is 0 Å². The number of rotatable bonds is 10. The second-order valence-corrected chi connectivity index (χ2v) is 9.34. The number of aliphatic hydroxyl groups excluding tert-OH is 1. The quantitative estimate of drug-likeness (QED) is 0.513. The van der Waals surface area contributed by atoms with Crippen molar-refractivity contribution in [3.63, 3.8) is 0 Å². The summed E-state index contributed by atoms with van der Waals surface area (Å²) in [6.07, 6.45) is 0.651. The highest BCUT2D eigenvalue weighted by Crippen LogP contribution is 2.26. The summed E-state index contributed by atoms with van der Waals surface area (Å²) in [6.45, 7) is 3.50. The van der Waals surface area contributed by atoms with Gasteiger partial charge in [-0.15, -0.1) is 0 Å². The van der Waals surface area contributed by atoms with Crippen LogP contribution in [0.15, 0.2) is 48.5 Å². The van der Waals surface area contributed by atoms with Crippen LogP contribution in [0.1, 0.15) is 23.6 Å². The predicted molar refractivity (Wildman–Crippen MR) is 130 cm³/mol. The Hall–Kier alpha value is -1.67. The Morgan fingerprint density at radius 3 is 2.56 bits per heavy atom. The lowest BCUT2D eigenvalue weighted by molar-refractivity contribution is -0.137. The van der Waals surface area contributed by atoms with Gasteiger partial charge in [-0.25, -0.2) is 5.43 Å². The van der Waals surface area contributed by atoms with Crippen LogP contribution in [0.5, 0.6) is 0 Å². The molecule has 0 aliphatic carbocycles. The van der Waals surface area contributed by atoms with Crippen molar-refractivity contribution in [1.82, 2.24) is 20.2 Å². The van der Waals surface area contributed by atoms with Crippen molar-refractivity contribution >= 4 is 29.1 Å². The number of hydrazine groups is 1. The number of nitrogens with zero attached hydrogens (tertiary/aromatic N) is 3. The average molecular weight is 479 g/mol. The van der Waals surface area contributed by atoms with Crippen molar-refractivity contribution < 1.29 is 9.90 Å². The van der Waals surface area contributed by atoms with Crippen LogP contribution in [-0.4, -0.2) is 78.7 Å². The van der Waals surface area contributed by atoms with E-state index >= 15 is 0 Å². The van der Waals surface area contributed by atoms with Gasteiger partial charge >= 0.3 is 0 Å². The molecule has 0 unspecified atom stereocenters. The Balaban J connectivity index is 1.85. The predicted octanol–water partition coefficient (Wildman–Crippen LogP) is 3.24. The molecular formula is C24H32Cl2N4O2. The zero-order valence-electron chi connectivity index (χ0n) is 18.7. The normalized spacial score (nSPS) is 17.6. The number of β-amino-alcohol motifs (C(OH)–C–C–N with tert-alkyl or cyclic N) is 1. The third kappa shape index (κ3) is 7.17. The summed E-state index contributed by atoms with van der Waals surface area (Å²) < 4.78 is 0. The van der Waals surface area contributed by atoms with Crippen LogP contribution in [0.3, 0.4) is 0 Å². The minimum atomic E-state index is -0.312. The summed E-state index contributed by atoms with van der Waals surface area (Å²) in [7, 11) is 4.01. The second kappa shape index (κ2) is 12.0. The number of amides is 1. The summed E-state index contributed by atoms with van der Waals surface area (Å²) in [5.74, 6) is -0.0456. The molecule has 2 atom stereocenters. The zero-order valence-corrected chi connectivity index (χ0v) is 20.2. The van der Waals surface area contributed by atoms with Crippen molar-refractivity contribution in [2.24, 2.45) is 0 Å². The number of hydrogen-bond donors (Lipinski definition) is 2. The molecule has 8 heteroatoms. The first-order valence-electron chi connectivity index (χ1n) is 10.9. The van der Waals surface area contributed by atoms with Crippen LogP contribution in [0.25, 0.3) is 0 Å². The van der Waals surface area contributed by atoms with Gasteiger partial charge in [0.15, 0.2) is 0 Å². The van der Waals surface area contributed by atoms with Crippen molar-refractivity contribution in [3.05, 3.63) is 69.7 Å². The average Bonchev–Trinajstić information content (AvgIpc) is 3.17. The van der Waals surface area contributed by atoms with Gasteiger partial charge in [-0.1, -0.05) is 59.6 Å². The number of carbonyl (C=O) groups excluding carboxylic acids is 1. The van der Waals surface area contributed by atoms with E-state index in [-0.39, 0.29) is 24.5 Å². The fourth-order valence-electron chi connectivity index (χ4n) is 3.91. The van der Waals surface area contributed by atoms with Crippen LogP contribution in [0.2, 0.25) is 10.0 Å². The fraction of sp³-hybridized carbons (Fsp3) is 0.458. The maximum Gasteiger partial charge on any atom is 0.241 e. The van der Waals surface area contributed by atoms with Gasteiger partial charge in [-0.2, -0.15) is 0 Å². The number of likely N-dealkylation sites (tertiary alicyclic amines) is 1. The maximum absolute atomic E-state index is 13.5. The Morgan fingerprint density at radius 1 is 1.19 bits per heavy atom. The van der Waals surface area contributed by atoms with Crippen LogP contribution < -0.4 is 5.43 Å². The molecular weight excluding hydrogens is 447 g/mol. The molecule has 0 spiro atoms. The lowest BCUT2D eigenvalue weighted by atomic mass is 10.0. The third-order valence-corrected chi connectivity index (χ3v) is 6.36. The minimum absolute atomic E-state index is 0.0456. The smallest absolute Gasteiger partial charge is 0.241 e. The van der Waals surface area contributed by atoms with E-state index in [0.29, 0.717) is 29.7 Å². The molecule has 0 bridgehead atoms. The summed E-state index contributed by atoms with van der Waals surface area (Å²) in [5, 5.41) is 12.7. The number of hydrogen-bond acceptors (Lipinski definition) is 5. The van der Waals surface area contributed by atoms with Gasteiger partial charge in [0.2, 0.25) is 5.91 Å². The molecule has 0 aromatic heterocycles. The molecule has 0 radical (unpaired) electrons. The summed E-state index contributed by atoms with van der Waals surface area (Å²) in [5.41, 5.74) is 5.24. The van der Waals surface area contributed by atoms with Crippen molar-refractivity contribution in [2.45, 2.75) is 25.0 Å². The summed E-state index contributed by atoms with van der Waals surface area (Å²) in [4.78, 5) is 17.8. The van der Waals surface area contributed by atoms with Gasteiger partial charge in [-0.05, 0) is 43.8 Å². The lowest BCUT2D eigenvalue weighted by Gasteiger charge is -2.35. The zero-order chi connectivity index (χ0) is 23.1. The van der Waals surface area contributed by atoms with E-state index in [4.69, 9.17) is 23.2 Å². The van der Waals surface area contributed by atoms with E-state index in [1.165, 1.54) is 0 Å². The van der Waals surface area contributed by atoms with E-state index < -0.39 is 0 Å². The van der Waals surface area contributed by atoms with E-state index in [2.05, 4.69) is 15.2 Å². The lowest BCUT2D eigenvalue weighted by Crippen LogP contribution is -2.51. The van der Waals surface area contributed by atoms with Crippen LogP contribution in [-0.2, 0) is 11.2 Å². The molecule has 1 amide bonds. The van der Waals surface area contributed by atoms with Crippen LogP contribution in [0, 0.1) is 0 Å². The minimum Gasteiger partial charge on any atom is -0.392 e. The highest BCUT2D eigenvalue weighted by molar-refractivity contribution is 6.42. The summed E-state index contributed by atoms with van der Waals surface area (Å²) in [6, 6.07) is 15.1. The first-order chi connectivity index (χ1) is 15.3. The molecule has 0 saturated carbocycles. The van der Waals surface area contributed by atoms with Crippen LogP contribution >= 0.6 is 23.2 Å². The molecule has 1 fully saturated rings. The number of benzene rings is 2. The van der Waals surface area contributed by atoms with E-state index in [9.17, 15) is 9.90 Å². The number of aliphatic hydroxyl groups is 1. The molecule has 174 valence electrons. The standard InChI is InChI=1S/C24H32Cl2N4O2/c1-28(2)13-11-27-30(24(32)15-18-8-9-21(25)22(26)14-18)23(19-6-4-3-5-7-19)17-29-12-10-20(31)16-29/h3-9,14,20,23,27,31H,10-13,15-17H2,1-2H3/t20-,23+/m0/s1. The molecule has 1 aliphatic heterocycles. The Bertz CT molecular complexity index is 882. The fourth-order valence-corrected chi connectivity index (χ4v) is 4.23. The number of likely N-dealkylation sites (N-methyl/N-ethyl adjacent to an activating group) is 1. The first kappa shape index (κ1) is 25.0. The third-order valence-electron chi connectivity index (χ3n) is 5.62. The van der Waals surface area contributed by atoms with Gasteiger partial charge in [0.1, 0.15) is 0 Å². The number of carbonyl (C=O) groups is 1. The van der Waals surface area contributed by atoms with E-state index in [1.807, 2.05) is 50.5 Å². The number of nitrogens with one attached hydrogen (secondary N) is 1. The van der Waals surface area contributed by atoms with Gasteiger partial charge in [0.05, 0.1) is 28.6 Å². The SMILES string of the molecule is CN(C)CCNN(C(=O)Cc1ccc(Cl)c(Cl)c1)[C@H](CN1CC[C@H](O)C1)c1ccccc1. The molecule has 2 aromatic carbocycles. The Labute approximate surface area is 200 Å². The van der Waals surface area contributed by atoms with Gasteiger partial charge in [-0.3, -0.25) is 14.7 Å². The Morgan fingerprint density at radius 2 is 1.94 bits per heavy atom. The monoisotopic (exact) mass is 478 g/mol. The largest absolute Gasteiger partial charge is 0.392 e. The maximum atomic E-state index is 13.5. The van der Waals surface area contributed by atoms with Gasteiger partial charge in [0, 0.05) is 32.7 Å². The summed E-state index contributed by atoms with van der Waals surface area (Å²) >= 11 is 12.2. The molecule has 1 heterocycles. The van der Waals surface area contributed by atoms with Gasteiger partial charge in [0.25, 0.3) is 0 Å². The second-order valence-electron chi connectivity index (χ2n) is 8.53. The Kier molecular flexibility index (Phi) is 9.34. The van der Waals surface area contributed by atoms with Crippen molar-refractivity contribution in [3.8, 4) is 0 Å². The molecule has 1 aliphatic rings. The van der Waals surface area contributed by atoms with E-state index in [1.54, 1.807) is 17.1 Å². The molecule has 6 nitrogen and oxygen atoms in total. The molecule has 2 N–H and O–H groups in total. The van der Waals surface area contributed by atoms with Gasteiger partial charge < -0.3 is 10.0 Å². The molecule has 2 aromatic rings. The van der Waals surface area contributed by atoms with Crippen LogP contribution in [0.4, 0.5) is 0 Å². The molecule has 3 rings (SSSR count). The first-order valence-corrected chi connectivity index (χ1v) is 11.7. The number of halogens is 2. The van der Waals surface area contributed by atoms with E-state index in [0.717, 1.165) is 30.6 Å². The van der Waals surface area contributed by atoms with Crippen molar-refractivity contribution in [2.75, 3.05) is 46.8 Å². The topological polar surface area (TPSA) is 59.0 Å². The molecule has 32 heavy (non-hydrogen) atoms. The highest BCUT2D eigenvalue weighted by atomic mass is 35.5.